The van der Waals surface area contributed by atoms with Crippen molar-refractivity contribution in [2.45, 2.75) is 0 Å². The zero-order chi connectivity index (χ0) is 12.4. The molecule has 0 bridgehead atoms. The molecule has 2 N–H and O–H groups in total. The van der Waals surface area contributed by atoms with Crippen LogP contribution in [0.2, 0.25) is 0 Å². The molecule has 0 spiro atoms. The zero-order valence-corrected chi connectivity index (χ0v) is 8.47. The van der Waals surface area contributed by atoms with Crippen LogP contribution in [0.4, 0.5) is 4.79 Å². The summed E-state index contributed by atoms with van der Waals surface area (Å²) in [6, 6.07) is 5.80. The monoisotopic (exact) mass is 233 g/mol. The fourth-order valence-electron chi connectivity index (χ4n) is 1.29. The van der Waals surface area contributed by atoms with Gasteiger partial charge in [0, 0.05) is 0 Å². The van der Waals surface area contributed by atoms with Gasteiger partial charge in [-0.2, -0.15) is 0 Å². The average molecular weight is 233 g/mol. The first-order valence-electron chi connectivity index (χ1n) is 4.64. The van der Waals surface area contributed by atoms with E-state index in [1.54, 1.807) is 0 Å². The molecule has 1 aromatic carbocycles. The van der Waals surface area contributed by atoms with Crippen LogP contribution in [0.5, 0.6) is 0 Å². The van der Waals surface area contributed by atoms with Gasteiger partial charge in [0.25, 0.3) is 5.91 Å². The molecule has 2 rings (SSSR count). The molecule has 17 heavy (non-hydrogen) atoms. The Labute approximate surface area is 95.5 Å². The highest BCUT2D eigenvalue weighted by molar-refractivity contribution is 6.09. The van der Waals surface area contributed by atoms with Crippen LogP contribution in [0.25, 0.3) is 6.08 Å². The molecule has 6 heteroatoms. The topological polar surface area (TPSA) is 92.7 Å². The van der Waals surface area contributed by atoms with E-state index in [0.29, 0.717) is 5.56 Å². The van der Waals surface area contributed by atoms with Gasteiger partial charge in [-0.3, -0.25) is 10.1 Å². The Morgan fingerprint density at radius 3 is 2.35 bits per heavy atom. The summed E-state index contributed by atoms with van der Waals surface area (Å²) < 4.78 is 4.60. The van der Waals surface area contributed by atoms with E-state index in [2.05, 4.69) is 4.74 Å². The number of hydrogen-bond acceptors (Lipinski definition) is 4. The number of carboxylic acids is 1. The summed E-state index contributed by atoms with van der Waals surface area (Å²) in [7, 11) is 0. The minimum atomic E-state index is -1.03. The molecule has 0 aromatic heterocycles. The maximum Gasteiger partial charge on any atom is 0.419 e. The fourth-order valence-corrected chi connectivity index (χ4v) is 1.29. The summed E-state index contributed by atoms with van der Waals surface area (Å²) in [6.07, 6.45) is 0.537. The first-order chi connectivity index (χ1) is 8.06. The molecule has 0 radical (unpaired) electrons. The van der Waals surface area contributed by atoms with Crippen molar-refractivity contribution in [3.05, 3.63) is 41.2 Å². The Morgan fingerprint density at radius 1 is 1.24 bits per heavy atom. The number of carbonyl (C=O) groups excluding carboxylic acids is 2. The molecule has 0 saturated carbocycles. The zero-order valence-electron chi connectivity index (χ0n) is 8.47. The van der Waals surface area contributed by atoms with Gasteiger partial charge in [0.1, 0.15) is 0 Å². The molecule has 2 amide bonds. The maximum absolute atomic E-state index is 11.1. The number of imide groups is 1. The summed E-state index contributed by atoms with van der Waals surface area (Å²) in [5.74, 6) is -1.76. The van der Waals surface area contributed by atoms with Crippen molar-refractivity contribution >= 4 is 24.0 Å². The predicted octanol–water partition coefficient (Wildman–Crippen LogP) is 0.992. The van der Waals surface area contributed by atoms with Crippen molar-refractivity contribution < 1.29 is 24.2 Å². The van der Waals surface area contributed by atoms with Gasteiger partial charge in [0.2, 0.25) is 0 Å². The molecule has 1 aromatic rings. The summed E-state index contributed by atoms with van der Waals surface area (Å²) in [5, 5.41) is 10.6. The summed E-state index contributed by atoms with van der Waals surface area (Å²) in [6.45, 7) is 0. The van der Waals surface area contributed by atoms with Gasteiger partial charge in [-0.25, -0.2) is 9.59 Å². The van der Waals surface area contributed by atoms with Crippen LogP contribution in [-0.2, 0) is 9.53 Å². The third-order valence-corrected chi connectivity index (χ3v) is 2.10. The van der Waals surface area contributed by atoms with Crippen LogP contribution in [0.15, 0.2) is 30.0 Å². The number of carboxylic acid groups (broad SMARTS) is 1. The second-order valence-corrected chi connectivity index (χ2v) is 3.28. The molecule has 1 aliphatic rings. The Morgan fingerprint density at radius 2 is 1.88 bits per heavy atom. The summed E-state index contributed by atoms with van der Waals surface area (Å²) in [4.78, 5) is 32.5. The van der Waals surface area contributed by atoms with Crippen molar-refractivity contribution in [1.29, 1.82) is 0 Å². The van der Waals surface area contributed by atoms with E-state index in [0.717, 1.165) is 0 Å². The lowest BCUT2D eigenvalue weighted by molar-refractivity contribution is -0.116. The second-order valence-electron chi connectivity index (χ2n) is 3.28. The molecule has 6 nitrogen and oxygen atoms in total. The highest BCUT2D eigenvalue weighted by atomic mass is 16.6. The third kappa shape index (κ3) is 2.31. The molecule has 1 fully saturated rings. The highest BCUT2D eigenvalue weighted by Gasteiger charge is 2.25. The van der Waals surface area contributed by atoms with E-state index in [-0.39, 0.29) is 11.3 Å². The van der Waals surface area contributed by atoms with Crippen LogP contribution in [0, 0.1) is 0 Å². The lowest BCUT2D eigenvalue weighted by Gasteiger charge is -1.96. The Kier molecular flexibility index (Phi) is 2.61. The number of benzene rings is 1. The van der Waals surface area contributed by atoms with Crippen molar-refractivity contribution in [3.8, 4) is 0 Å². The smallest absolute Gasteiger partial charge is 0.419 e. The molecule has 1 saturated heterocycles. The van der Waals surface area contributed by atoms with Crippen LogP contribution in [0.3, 0.4) is 0 Å². The lowest BCUT2D eigenvalue weighted by atomic mass is 10.1. The number of nitrogens with one attached hydrogen (secondary N) is 1. The second kappa shape index (κ2) is 4.09. The molecule has 0 unspecified atom stereocenters. The minimum absolute atomic E-state index is 0.113. The molecule has 0 atom stereocenters. The van der Waals surface area contributed by atoms with E-state index in [9.17, 15) is 14.4 Å². The molecule has 1 aliphatic heterocycles. The largest absolute Gasteiger partial charge is 0.478 e. The van der Waals surface area contributed by atoms with E-state index < -0.39 is 18.0 Å². The van der Waals surface area contributed by atoms with Crippen molar-refractivity contribution in [3.63, 3.8) is 0 Å². The van der Waals surface area contributed by atoms with Crippen LogP contribution in [0.1, 0.15) is 15.9 Å². The number of rotatable bonds is 2. The molecule has 1 heterocycles. The highest BCUT2D eigenvalue weighted by Crippen LogP contribution is 2.13. The van der Waals surface area contributed by atoms with Gasteiger partial charge in [-0.1, -0.05) is 12.1 Å². The molecule has 86 valence electrons. The number of hydrogen-bond donors (Lipinski definition) is 2. The summed E-state index contributed by atoms with van der Waals surface area (Å²) >= 11 is 0. The Bertz CT molecular complexity index is 529. The van der Waals surface area contributed by atoms with Crippen LogP contribution >= 0.6 is 0 Å². The molecule has 0 aliphatic carbocycles. The van der Waals surface area contributed by atoms with Crippen LogP contribution in [-0.4, -0.2) is 23.1 Å². The summed E-state index contributed by atoms with van der Waals surface area (Å²) in [5.41, 5.74) is 0.704. The number of ether oxygens (including phenoxy) is 1. The molecular formula is C11H7NO5. The number of cyclic esters (lactones) is 1. The van der Waals surface area contributed by atoms with E-state index in [1.165, 1.54) is 30.3 Å². The number of amides is 2. The lowest BCUT2D eigenvalue weighted by Crippen LogP contribution is -2.18. The normalized spacial score (nSPS) is 16.8. The van der Waals surface area contributed by atoms with Gasteiger partial charge in [0.15, 0.2) is 5.76 Å². The van der Waals surface area contributed by atoms with Gasteiger partial charge < -0.3 is 9.84 Å². The quantitative estimate of drug-likeness (QED) is 0.743. The Balaban J connectivity index is 2.24. The van der Waals surface area contributed by atoms with Gasteiger partial charge >= 0.3 is 12.1 Å². The number of carbonyl (C=O) groups is 3. The SMILES string of the molecule is O=C1NC(=O)/C(=C\c2ccc(C(=O)O)cc2)O1. The number of alkyl carbamates (subject to hydrolysis) is 1. The van der Waals surface area contributed by atoms with Crippen molar-refractivity contribution in [2.24, 2.45) is 0 Å². The Hall–Kier alpha value is -2.63. The maximum atomic E-state index is 11.1. The van der Waals surface area contributed by atoms with Gasteiger partial charge in [-0.15, -0.1) is 0 Å². The van der Waals surface area contributed by atoms with E-state index in [1.807, 2.05) is 5.32 Å². The number of aromatic carboxylic acids is 1. The first kappa shape index (κ1) is 10.9. The standard InChI is InChI=1S/C11H7NO5/c13-9-8(17-11(16)12-9)5-6-1-3-7(4-2-6)10(14)15/h1-5H,(H,14,15)(H,12,13,16)/b8-5+. The van der Waals surface area contributed by atoms with E-state index >= 15 is 0 Å². The predicted molar refractivity (Wildman–Crippen MR) is 56.0 cm³/mol. The van der Waals surface area contributed by atoms with Crippen molar-refractivity contribution in [1.82, 2.24) is 5.32 Å². The third-order valence-electron chi connectivity index (χ3n) is 2.10. The fraction of sp³-hybridized carbons (Fsp3) is 0. The van der Waals surface area contributed by atoms with Crippen LogP contribution < -0.4 is 5.32 Å². The minimum Gasteiger partial charge on any atom is -0.478 e. The average Bonchev–Trinajstić information content (AvgIpc) is 2.58. The first-order valence-corrected chi connectivity index (χ1v) is 4.64. The van der Waals surface area contributed by atoms with Gasteiger partial charge in [0.05, 0.1) is 5.56 Å². The van der Waals surface area contributed by atoms with Gasteiger partial charge in [-0.05, 0) is 23.8 Å². The molecular weight excluding hydrogens is 226 g/mol. The van der Waals surface area contributed by atoms with E-state index in [4.69, 9.17) is 5.11 Å². The van der Waals surface area contributed by atoms with Crippen molar-refractivity contribution in [2.75, 3.05) is 0 Å².